The van der Waals surface area contributed by atoms with Crippen LogP contribution in [0, 0.1) is 10.1 Å². The Morgan fingerprint density at radius 3 is 2.76 bits per heavy atom. The lowest BCUT2D eigenvalue weighted by atomic mass is 10.2. The van der Waals surface area contributed by atoms with Gasteiger partial charge in [-0.2, -0.15) is 0 Å². The number of benzene rings is 1. The molecule has 0 radical (unpaired) electrons. The molecule has 2 rings (SSSR count). The van der Waals surface area contributed by atoms with Gasteiger partial charge in [0.1, 0.15) is 0 Å². The monoisotopic (exact) mass is 404 g/mol. The SMILES string of the molecule is CCNC(=NCc1cccc([N+](=O)[O-])c1)N1CCCC1.I. The van der Waals surface area contributed by atoms with Crippen molar-refractivity contribution >= 4 is 35.6 Å². The third-order valence-corrected chi connectivity index (χ3v) is 3.27. The minimum atomic E-state index is -0.376. The smallest absolute Gasteiger partial charge is 0.269 e. The van der Waals surface area contributed by atoms with Gasteiger partial charge in [0.2, 0.25) is 0 Å². The van der Waals surface area contributed by atoms with E-state index in [9.17, 15) is 10.1 Å². The van der Waals surface area contributed by atoms with Crippen LogP contribution in [0.15, 0.2) is 29.3 Å². The molecule has 0 spiro atoms. The Bertz CT molecular complexity index is 502. The van der Waals surface area contributed by atoms with Crippen LogP contribution in [0.4, 0.5) is 5.69 Å². The van der Waals surface area contributed by atoms with E-state index < -0.39 is 0 Å². The molecule has 6 nitrogen and oxygen atoms in total. The van der Waals surface area contributed by atoms with Gasteiger partial charge in [0.25, 0.3) is 5.69 Å². The molecule has 7 heteroatoms. The van der Waals surface area contributed by atoms with Crippen LogP contribution in [0.1, 0.15) is 25.3 Å². The van der Waals surface area contributed by atoms with Gasteiger partial charge in [-0.3, -0.25) is 10.1 Å². The third kappa shape index (κ3) is 5.14. The number of likely N-dealkylation sites (tertiary alicyclic amines) is 1. The van der Waals surface area contributed by atoms with Crippen LogP contribution in [-0.2, 0) is 6.54 Å². The molecule has 1 heterocycles. The lowest BCUT2D eigenvalue weighted by Crippen LogP contribution is -2.39. The highest BCUT2D eigenvalue weighted by Gasteiger charge is 2.15. The van der Waals surface area contributed by atoms with Crippen molar-refractivity contribution in [2.45, 2.75) is 26.3 Å². The molecular formula is C14H21IN4O2. The van der Waals surface area contributed by atoms with Crippen LogP contribution < -0.4 is 5.32 Å². The van der Waals surface area contributed by atoms with E-state index in [0.29, 0.717) is 6.54 Å². The van der Waals surface area contributed by atoms with Crippen LogP contribution in [0.5, 0.6) is 0 Å². The number of nitro groups is 1. The maximum absolute atomic E-state index is 10.8. The molecule has 1 aromatic carbocycles. The normalized spacial score (nSPS) is 14.7. The average Bonchev–Trinajstić information content (AvgIpc) is 2.97. The summed E-state index contributed by atoms with van der Waals surface area (Å²) in [5.41, 5.74) is 0.970. The first-order valence-corrected chi connectivity index (χ1v) is 6.97. The van der Waals surface area contributed by atoms with Crippen LogP contribution >= 0.6 is 24.0 Å². The van der Waals surface area contributed by atoms with Gasteiger partial charge in [-0.1, -0.05) is 12.1 Å². The number of guanidine groups is 1. The summed E-state index contributed by atoms with van der Waals surface area (Å²) in [6, 6.07) is 6.64. The zero-order valence-electron chi connectivity index (χ0n) is 12.1. The molecule has 1 aliphatic rings. The first-order chi connectivity index (χ1) is 9.70. The summed E-state index contributed by atoms with van der Waals surface area (Å²) in [6.07, 6.45) is 2.39. The molecule has 0 aromatic heterocycles. The van der Waals surface area contributed by atoms with E-state index in [1.165, 1.54) is 18.9 Å². The van der Waals surface area contributed by atoms with Crippen molar-refractivity contribution in [3.63, 3.8) is 0 Å². The lowest BCUT2D eigenvalue weighted by Gasteiger charge is -2.20. The molecule has 0 bridgehead atoms. The molecule has 1 N–H and O–H groups in total. The van der Waals surface area contributed by atoms with E-state index in [1.807, 2.05) is 13.0 Å². The molecule has 1 fully saturated rings. The van der Waals surface area contributed by atoms with E-state index in [2.05, 4.69) is 15.2 Å². The van der Waals surface area contributed by atoms with E-state index in [1.54, 1.807) is 12.1 Å². The van der Waals surface area contributed by atoms with Gasteiger partial charge in [-0.25, -0.2) is 4.99 Å². The van der Waals surface area contributed by atoms with Crippen molar-refractivity contribution in [1.82, 2.24) is 10.2 Å². The molecule has 0 saturated carbocycles. The second-order valence-electron chi connectivity index (χ2n) is 4.79. The molecule has 1 aliphatic heterocycles. The molecule has 116 valence electrons. The van der Waals surface area contributed by atoms with Crippen LogP contribution in [-0.4, -0.2) is 35.4 Å². The van der Waals surface area contributed by atoms with Crippen LogP contribution in [0.25, 0.3) is 0 Å². The van der Waals surface area contributed by atoms with Gasteiger partial charge in [-0.05, 0) is 25.3 Å². The Kier molecular flexibility index (Phi) is 7.41. The van der Waals surface area contributed by atoms with E-state index >= 15 is 0 Å². The van der Waals surface area contributed by atoms with Gasteiger partial charge < -0.3 is 10.2 Å². The van der Waals surface area contributed by atoms with Gasteiger partial charge in [0.05, 0.1) is 11.5 Å². The minimum absolute atomic E-state index is 0. The number of nitrogens with zero attached hydrogens (tertiary/aromatic N) is 3. The summed E-state index contributed by atoms with van der Waals surface area (Å²) < 4.78 is 0. The maximum atomic E-state index is 10.8. The third-order valence-electron chi connectivity index (χ3n) is 3.27. The summed E-state index contributed by atoms with van der Waals surface area (Å²) in [4.78, 5) is 17.2. The Morgan fingerprint density at radius 1 is 1.43 bits per heavy atom. The van der Waals surface area contributed by atoms with E-state index in [-0.39, 0.29) is 34.6 Å². The fraction of sp³-hybridized carbons (Fsp3) is 0.500. The number of aliphatic imine (C=N–C) groups is 1. The quantitative estimate of drug-likeness (QED) is 0.276. The maximum Gasteiger partial charge on any atom is 0.269 e. The number of hydrogen-bond acceptors (Lipinski definition) is 3. The summed E-state index contributed by atoms with van der Waals surface area (Å²) in [5.74, 6) is 0.900. The zero-order chi connectivity index (χ0) is 14.4. The second kappa shape index (κ2) is 8.81. The topological polar surface area (TPSA) is 70.8 Å². The Morgan fingerprint density at radius 2 is 2.14 bits per heavy atom. The molecule has 1 aromatic rings. The predicted molar refractivity (Wildman–Crippen MR) is 94.1 cm³/mol. The fourth-order valence-corrected chi connectivity index (χ4v) is 2.29. The highest BCUT2D eigenvalue weighted by Crippen LogP contribution is 2.14. The van der Waals surface area contributed by atoms with Crippen molar-refractivity contribution in [2.75, 3.05) is 19.6 Å². The average molecular weight is 404 g/mol. The summed E-state index contributed by atoms with van der Waals surface area (Å²) >= 11 is 0. The number of rotatable bonds is 4. The largest absolute Gasteiger partial charge is 0.357 e. The van der Waals surface area contributed by atoms with Crippen molar-refractivity contribution in [3.8, 4) is 0 Å². The van der Waals surface area contributed by atoms with Gasteiger partial charge in [-0.15, -0.1) is 24.0 Å². The van der Waals surface area contributed by atoms with Crippen molar-refractivity contribution in [1.29, 1.82) is 0 Å². The number of nitro benzene ring substituents is 1. The summed E-state index contributed by atoms with van der Waals surface area (Å²) in [5, 5.41) is 14.0. The number of non-ortho nitro benzene ring substituents is 1. The van der Waals surface area contributed by atoms with Gasteiger partial charge >= 0.3 is 0 Å². The zero-order valence-corrected chi connectivity index (χ0v) is 14.4. The predicted octanol–water partition coefficient (Wildman–Crippen LogP) is 2.77. The molecule has 0 aliphatic carbocycles. The number of nitrogens with one attached hydrogen (secondary N) is 1. The molecule has 1 saturated heterocycles. The van der Waals surface area contributed by atoms with Gasteiger partial charge in [0, 0.05) is 31.8 Å². The number of halogens is 1. The molecular weight excluding hydrogens is 383 g/mol. The first-order valence-electron chi connectivity index (χ1n) is 6.97. The standard InChI is InChI=1S/C14H20N4O2.HI/c1-2-15-14(17-8-3-4-9-17)16-11-12-6-5-7-13(10-12)18(19)20;/h5-7,10H,2-4,8-9,11H2,1H3,(H,15,16);1H. The number of hydrogen-bond donors (Lipinski definition) is 1. The molecule has 0 atom stereocenters. The van der Waals surface area contributed by atoms with E-state index in [4.69, 9.17) is 0 Å². The fourth-order valence-electron chi connectivity index (χ4n) is 2.29. The van der Waals surface area contributed by atoms with E-state index in [0.717, 1.165) is 31.2 Å². The summed E-state index contributed by atoms with van der Waals surface area (Å²) in [6.45, 7) is 5.38. The Labute approximate surface area is 141 Å². The lowest BCUT2D eigenvalue weighted by molar-refractivity contribution is -0.384. The van der Waals surface area contributed by atoms with Crippen LogP contribution in [0.2, 0.25) is 0 Å². The van der Waals surface area contributed by atoms with Crippen LogP contribution in [0.3, 0.4) is 0 Å². The second-order valence-corrected chi connectivity index (χ2v) is 4.79. The molecule has 0 amide bonds. The molecule has 0 unspecified atom stereocenters. The highest BCUT2D eigenvalue weighted by atomic mass is 127. The Balaban J connectivity index is 0.00000220. The van der Waals surface area contributed by atoms with Gasteiger partial charge in [0.15, 0.2) is 5.96 Å². The highest BCUT2D eigenvalue weighted by molar-refractivity contribution is 14.0. The van der Waals surface area contributed by atoms with Crippen molar-refractivity contribution in [2.24, 2.45) is 4.99 Å². The molecule has 21 heavy (non-hydrogen) atoms. The first kappa shape index (κ1) is 17.7. The Hall–Kier alpha value is -1.38. The van der Waals surface area contributed by atoms with Crippen molar-refractivity contribution in [3.05, 3.63) is 39.9 Å². The van der Waals surface area contributed by atoms with Crippen molar-refractivity contribution < 1.29 is 4.92 Å². The minimum Gasteiger partial charge on any atom is -0.357 e. The summed E-state index contributed by atoms with van der Waals surface area (Å²) in [7, 11) is 0.